The van der Waals surface area contributed by atoms with Gasteiger partial charge in [-0.25, -0.2) is 4.98 Å². The summed E-state index contributed by atoms with van der Waals surface area (Å²) in [5.74, 6) is 1.38. The minimum absolute atomic E-state index is 0.0571. The first kappa shape index (κ1) is 10.8. The van der Waals surface area contributed by atoms with Crippen molar-refractivity contribution in [2.75, 3.05) is 0 Å². The van der Waals surface area contributed by atoms with Crippen LogP contribution in [0.4, 0.5) is 0 Å². The molecule has 1 aromatic heterocycles. The average Bonchev–Trinajstić information content (AvgIpc) is 2.82. The molecule has 1 fully saturated rings. The lowest BCUT2D eigenvalue weighted by atomic mass is 9.89. The lowest BCUT2D eigenvalue weighted by molar-refractivity contribution is 0.282. The van der Waals surface area contributed by atoms with Crippen molar-refractivity contribution in [1.82, 2.24) is 4.98 Å². The molecule has 1 N–H and O–H groups in total. The van der Waals surface area contributed by atoms with Crippen molar-refractivity contribution >= 4 is 11.1 Å². The maximum absolute atomic E-state index is 9.09. The van der Waals surface area contributed by atoms with E-state index in [1.54, 1.807) is 0 Å². The number of aliphatic hydroxyl groups is 1. The molecule has 0 amide bonds. The summed E-state index contributed by atoms with van der Waals surface area (Å²) >= 11 is 0. The molecule has 0 atom stereocenters. The highest BCUT2D eigenvalue weighted by molar-refractivity contribution is 5.73. The fourth-order valence-corrected chi connectivity index (χ4v) is 2.61. The molecule has 17 heavy (non-hydrogen) atoms. The van der Waals surface area contributed by atoms with Crippen LogP contribution in [0.25, 0.3) is 11.1 Å². The van der Waals surface area contributed by atoms with Crippen LogP contribution < -0.4 is 0 Å². The topological polar surface area (TPSA) is 46.3 Å². The van der Waals surface area contributed by atoms with Crippen LogP contribution in [0.3, 0.4) is 0 Å². The Kier molecular flexibility index (Phi) is 2.85. The number of aromatic nitrogens is 1. The van der Waals surface area contributed by atoms with Gasteiger partial charge in [0.1, 0.15) is 5.52 Å². The van der Waals surface area contributed by atoms with Gasteiger partial charge in [-0.2, -0.15) is 0 Å². The Labute approximate surface area is 100 Å². The second-order valence-electron chi connectivity index (χ2n) is 4.85. The molecule has 3 rings (SSSR count). The minimum atomic E-state index is 0.0571. The second kappa shape index (κ2) is 4.49. The van der Waals surface area contributed by atoms with Gasteiger partial charge < -0.3 is 9.52 Å². The molecule has 0 saturated heterocycles. The first-order valence-electron chi connectivity index (χ1n) is 6.37. The Morgan fingerprint density at radius 1 is 1.24 bits per heavy atom. The summed E-state index contributed by atoms with van der Waals surface area (Å²) in [7, 11) is 0. The predicted molar refractivity (Wildman–Crippen MR) is 65.8 cm³/mol. The number of aliphatic hydroxyl groups excluding tert-OH is 1. The Morgan fingerprint density at radius 3 is 2.82 bits per heavy atom. The van der Waals surface area contributed by atoms with Crippen molar-refractivity contribution in [2.45, 2.75) is 44.6 Å². The third-order valence-electron chi connectivity index (χ3n) is 3.61. The van der Waals surface area contributed by atoms with Gasteiger partial charge in [-0.1, -0.05) is 25.3 Å². The van der Waals surface area contributed by atoms with E-state index in [-0.39, 0.29) is 6.61 Å². The van der Waals surface area contributed by atoms with Gasteiger partial charge in [0.2, 0.25) is 0 Å². The molecule has 1 saturated carbocycles. The van der Waals surface area contributed by atoms with Gasteiger partial charge in [0.15, 0.2) is 11.5 Å². The van der Waals surface area contributed by atoms with Crippen molar-refractivity contribution in [3.05, 3.63) is 29.7 Å². The van der Waals surface area contributed by atoms with Gasteiger partial charge in [-0.3, -0.25) is 0 Å². The summed E-state index contributed by atoms with van der Waals surface area (Å²) in [6.45, 7) is 0.0571. The maximum atomic E-state index is 9.09. The van der Waals surface area contributed by atoms with E-state index in [2.05, 4.69) is 4.98 Å². The van der Waals surface area contributed by atoms with Gasteiger partial charge >= 0.3 is 0 Å². The van der Waals surface area contributed by atoms with E-state index >= 15 is 0 Å². The van der Waals surface area contributed by atoms with E-state index < -0.39 is 0 Å². The number of fused-ring (bicyclic) bond motifs is 1. The van der Waals surface area contributed by atoms with Gasteiger partial charge in [-0.05, 0) is 30.5 Å². The number of nitrogens with zero attached hydrogens (tertiary/aromatic N) is 1. The SMILES string of the molecule is OCc1ccc2oc(C3CCCCC3)nc2c1. The van der Waals surface area contributed by atoms with Crippen molar-refractivity contribution in [1.29, 1.82) is 0 Å². The summed E-state index contributed by atoms with van der Waals surface area (Å²) in [6.07, 6.45) is 6.29. The molecular formula is C14H17NO2. The van der Waals surface area contributed by atoms with Crippen LogP contribution in [0.2, 0.25) is 0 Å². The van der Waals surface area contributed by atoms with Gasteiger partial charge in [0.05, 0.1) is 6.61 Å². The quantitative estimate of drug-likeness (QED) is 0.862. The summed E-state index contributed by atoms with van der Waals surface area (Å²) in [6, 6.07) is 5.70. The van der Waals surface area contributed by atoms with Crippen LogP contribution >= 0.6 is 0 Å². The molecule has 0 spiro atoms. The second-order valence-corrected chi connectivity index (χ2v) is 4.85. The number of hydrogen-bond acceptors (Lipinski definition) is 3. The van der Waals surface area contributed by atoms with Crippen molar-refractivity contribution in [3.63, 3.8) is 0 Å². The van der Waals surface area contributed by atoms with Crippen LogP contribution in [0.1, 0.15) is 49.5 Å². The lowest BCUT2D eigenvalue weighted by Crippen LogP contribution is -2.04. The summed E-state index contributed by atoms with van der Waals surface area (Å²) < 4.78 is 5.81. The van der Waals surface area contributed by atoms with Crippen molar-refractivity contribution < 1.29 is 9.52 Å². The zero-order valence-corrected chi connectivity index (χ0v) is 9.85. The molecule has 1 aliphatic rings. The summed E-state index contributed by atoms with van der Waals surface area (Å²) in [4.78, 5) is 4.57. The van der Waals surface area contributed by atoms with E-state index in [0.29, 0.717) is 5.92 Å². The highest BCUT2D eigenvalue weighted by Gasteiger charge is 2.20. The third-order valence-corrected chi connectivity index (χ3v) is 3.61. The molecule has 0 radical (unpaired) electrons. The Morgan fingerprint density at radius 2 is 2.06 bits per heavy atom. The molecule has 90 valence electrons. The average molecular weight is 231 g/mol. The van der Waals surface area contributed by atoms with Crippen LogP contribution in [0.5, 0.6) is 0 Å². The Balaban J connectivity index is 1.95. The highest BCUT2D eigenvalue weighted by atomic mass is 16.3. The van der Waals surface area contributed by atoms with Crippen LogP contribution in [-0.2, 0) is 6.61 Å². The summed E-state index contributed by atoms with van der Waals surface area (Å²) in [5, 5.41) is 9.09. The highest BCUT2D eigenvalue weighted by Crippen LogP contribution is 2.33. The molecule has 2 aromatic rings. The van der Waals surface area contributed by atoms with Gasteiger partial charge in [-0.15, -0.1) is 0 Å². The molecule has 0 aliphatic heterocycles. The standard InChI is InChI=1S/C14H17NO2/c16-9-10-6-7-13-12(8-10)15-14(17-13)11-4-2-1-3-5-11/h6-8,11,16H,1-5,9H2. The predicted octanol–water partition coefficient (Wildman–Crippen LogP) is 3.37. The number of hydrogen-bond donors (Lipinski definition) is 1. The molecule has 3 heteroatoms. The maximum Gasteiger partial charge on any atom is 0.198 e. The zero-order chi connectivity index (χ0) is 11.7. The first-order valence-corrected chi connectivity index (χ1v) is 6.37. The molecule has 1 aromatic carbocycles. The number of rotatable bonds is 2. The van der Waals surface area contributed by atoms with Crippen LogP contribution in [0.15, 0.2) is 22.6 Å². The molecule has 3 nitrogen and oxygen atoms in total. The largest absolute Gasteiger partial charge is 0.440 e. The fourth-order valence-electron chi connectivity index (χ4n) is 2.61. The van der Waals surface area contributed by atoms with Gasteiger partial charge in [0.25, 0.3) is 0 Å². The number of oxazole rings is 1. The van der Waals surface area contributed by atoms with Crippen LogP contribution in [0, 0.1) is 0 Å². The third kappa shape index (κ3) is 2.07. The van der Waals surface area contributed by atoms with Crippen molar-refractivity contribution in [3.8, 4) is 0 Å². The first-order chi connectivity index (χ1) is 8.36. The molecular weight excluding hydrogens is 214 g/mol. The monoisotopic (exact) mass is 231 g/mol. The van der Waals surface area contributed by atoms with E-state index in [0.717, 1.165) is 22.6 Å². The van der Waals surface area contributed by atoms with Gasteiger partial charge in [0, 0.05) is 5.92 Å². The van der Waals surface area contributed by atoms with Crippen molar-refractivity contribution in [2.24, 2.45) is 0 Å². The zero-order valence-electron chi connectivity index (χ0n) is 9.85. The lowest BCUT2D eigenvalue weighted by Gasteiger charge is -2.17. The van der Waals surface area contributed by atoms with E-state index in [1.165, 1.54) is 32.1 Å². The normalized spacial score (nSPS) is 17.7. The molecule has 0 unspecified atom stereocenters. The smallest absolute Gasteiger partial charge is 0.198 e. The van der Waals surface area contributed by atoms with E-state index in [9.17, 15) is 0 Å². The molecule has 0 bridgehead atoms. The molecule has 1 aliphatic carbocycles. The van der Waals surface area contributed by atoms with E-state index in [1.807, 2.05) is 18.2 Å². The Bertz CT molecular complexity index is 512. The number of benzene rings is 1. The molecule has 1 heterocycles. The van der Waals surface area contributed by atoms with E-state index in [4.69, 9.17) is 9.52 Å². The summed E-state index contributed by atoms with van der Waals surface area (Å²) in [5.41, 5.74) is 2.60. The van der Waals surface area contributed by atoms with Crippen LogP contribution in [-0.4, -0.2) is 10.1 Å². The fraction of sp³-hybridized carbons (Fsp3) is 0.500. The minimum Gasteiger partial charge on any atom is -0.440 e. The Hall–Kier alpha value is -1.35.